The average molecular weight is 304 g/mol. The van der Waals surface area contributed by atoms with Crippen LogP contribution in [0.25, 0.3) is 0 Å². The van der Waals surface area contributed by atoms with Gasteiger partial charge >= 0.3 is 0 Å². The standard InChI is InChI=1S/C16H20N2O4/c1-12(19)17-5-2-6-18(8-7-17)16(20)13-3-4-14-15(11-13)22-10-9-21-14/h3-4,11H,2,5-10H2,1H3. The van der Waals surface area contributed by atoms with E-state index in [0.717, 1.165) is 6.42 Å². The lowest BCUT2D eigenvalue weighted by atomic mass is 10.1. The first-order valence-corrected chi connectivity index (χ1v) is 7.59. The molecule has 0 aromatic heterocycles. The normalized spacial score (nSPS) is 17.9. The van der Waals surface area contributed by atoms with E-state index < -0.39 is 0 Å². The zero-order chi connectivity index (χ0) is 15.5. The number of hydrogen-bond donors (Lipinski definition) is 0. The van der Waals surface area contributed by atoms with Crippen LogP contribution in [0.3, 0.4) is 0 Å². The molecule has 0 saturated carbocycles. The minimum absolute atomic E-state index is 0.0256. The third kappa shape index (κ3) is 3.00. The van der Waals surface area contributed by atoms with Gasteiger partial charge in [0.25, 0.3) is 5.91 Å². The summed E-state index contributed by atoms with van der Waals surface area (Å²) in [7, 11) is 0. The largest absolute Gasteiger partial charge is 0.486 e. The fraction of sp³-hybridized carbons (Fsp3) is 0.500. The highest BCUT2D eigenvalue weighted by atomic mass is 16.6. The van der Waals surface area contributed by atoms with Gasteiger partial charge in [-0.1, -0.05) is 0 Å². The Labute approximate surface area is 129 Å². The molecule has 1 saturated heterocycles. The van der Waals surface area contributed by atoms with Gasteiger partial charge in [-0.05, 0) is 24.6 Å². The Morgan fingerprint density at radius 2 is 1.64 bits per heavy atom. The van der Waals surface area contributed by atoms with E-state index >= 15 is 0 Å². The lowest BCUT2D eigenvalue weighted by Crippen LogP contribution is -2.36. The smallest absolute Gasteiger partial charge is 0.254 e. The number of nitrogens with zero attached hydrogens (tertiary/aromatic N) is 2. The van der Waals surface area contributed by atoms with Crippen molar-refractivity contribution in [3.05, 3.63) is 23.8 Å². The Morgan fingerprint density at radius 3 is 2.41 bits per heavy atom. The Bertz CT molecular complexity index is 588. The van der Waals surface area contributed by atoms with Gasteiger partial charge in [0.05, 0.1) is 0 Å². The summed E-state index contributed by atoms with van der Waals surface area (Å²) in [5.41, 5.74) is 0.598. The maximum Gasteiger partial charge on any atom is 0.254 e. The van der Waals surface area contributed by atoms with Crippen LogP contribution in [0, 0.1) is 0 Å². The second-order valence-corrected chi connectivity index (χ2v) is 5.51. The Morgan fingerprint density at radius 1 is 0.955 bits per heavy atom. The summed E-state index contributed by atoms with van der Waals surface area (Å²) in [4.78, 5) is 27.7. The third-order valence-electron chi connectivity index (χ3n) is 4.02. The summed E-state index contributed by atoms with van der Waals surface area (Å²) >= 11 is 0. The first kappa shape index (κ1) is 14.7. The van der Waals surface area contributed by atoms with Crippen LogP contribution in [0.4, 0.5) is 0 Å². The molecule has 0 bridgehead atoms. The molecule has 0 radical (unpaired) electrons. The van der Waals surface area contributed by atoms with Gasteiger partial charge in [-0.15, -0.1) is 0 Å². The molecule has 0 unspecified atom stereocenters. The third-order valence-corrected chi connectivity index (χ3v) is 4.02. The Hall–Kier alpha value is -2.24. The number of hydrogen-bond acceptors (Lipinski definition) is 4. The average Bonchev–Trinajstić information content (AvgIpc) is 2.80. The van der Waals surface area contributed by atoms with Crippen molar-refractivity contribution in [1.29, 1.82) is 0 Å². The van der Waals surface area contributed by atoms with Crippen molar-refractivity contribution in [1.82, 2.24) is 9.80 Å². The topological polar surface area (TPSA) is 59.1 Å². The molecule has 2 aliphatic heterocycles. The molecule has 6 heteroatoms. The molecule has 2 aliphatic rings. The predicted octanol–water partition coefficient (Wildman–Crippen LogP) is 1.15. The van der Waals surface area contributed by atoms with Crippen molar-refractivity contribution >= 4 is 11.8 Å². The predicted molar refractivity (Wildman–Crippen MR) is 80.2 cm³/mol. The van der Waals surface area contributed by atoms with Gasteiger partial charge in [-0.3, -0.25) is 9.59 Å². The second-order valence-electron chi connectivity index (χ2n) is 5.51. The lowest BCUT2D eigenvalue weighted by Gasteiger charge is -2.23. The van der Waals surface area contributed by atoms with Gasteiger partial charge in [0.1, 0.15) is 13.2 Å². The first-order valence-electron chi connectivity index (χ1n) is 7.59. The summed E-state index contributed by atoms with van der Waals surface area (Å²) < 4.78 is 11.0. The molecule has 0 atom stereocenters. The van der Waals surface area contributed by atoms with Crippen molar-refractivity contribution in [2.45, 2.75) is 13.3 Å². The zero-order valence-corrected chi connectivity index (χ0v) is 12.7. The van der Waals surface area contributed by atoms with Gasteiger partial charge in [-0.2, -0.15) is 0 Å². The van der Waals surface area contributed by atoms with Crippen LogP contribution < -0.4 is 9.47 Å². The molecule has 0 aliphatic carbocycles. The molecule has 2 amide bonds. The number of carbonyl (C=O) groups is 2. The van der Waals surface area contributed by atoms with Crippen LogP contribution >= 0.6 is 0 Å². The highest BCUT2D eigenvalue weighted by Crippen LogP contribution is 2.31. The number of carbonyl (C=O) groups excluding carboxylic acids is 2. The van der Waals surface area contributed by atoms with Crippen molar-refractivity contribution in [3.8, 4) is 11.5 Å². The molecule has 1 aromatic rings. The van der Waals surface area contributed by atoms with Crippen LogP contribution in [-0.4, -0.2) is 61.0 Å². The maximum atomic E-state index is 12.6. The van der Waals surface area contributed by atoms with Crippen molar-refractivity contribution < 1.29 is 19.1 Å². The molecule has 2 heterocycles. The zero-order valence-electron chi connectivity index (χ0n) is 12.7. The second kappa shape index (κ2) is 6.25. The fourth-order valence-electron chi connectivity index (χ4n) is 2.79. The van der Waals surface area contributed by atoms with Crippen LogP contribution in [0.2, 0.25) is 0 Å². The molecule has 1 fully saturated rings. The first-order chi connectivity index (χ1) is 10.6. The van der Waals surface area contributed by atoms with Crippen LogP contribution in [0.1, 0.15) is 23.7 Å². The van der Waals surface area contributed by atoms with Crippen LogP contribution in [0.5, 0.6) is 11.5 Å². The molecule has 0 spiro atoms. The van der Waals surface area contributed by atoms with E-state index in [4.69, 9.17) is 9.47 Å². The molecule has 0 N–H and O–H groups in total. The summed E-state index contributed by atoms with van der Waals surface area (Å²) in [5.74, 6) is 1.34. The van der Waals surface area contributed by atoms with Crippen molar-refractivity contribution in [3.63, 3.8) is 0 Å². The van der Waals surface area contributed by atoms with Crippen molar-refractivity contribution in [2.75, 3.05) is 39.4 Å². The number of fused-ring (bicyclic) bond motifs is 1. The Kier molecular flexibility index (Phi) is 4.18. The van der Waals surface area contributed by atoms with Gasteiger partial charge < -0.3 is 19.3 Å². The van der Waals surface area contributed by atoms with E-state index in [0.29, 0.717) is 56.5 Å². The summed E-state index contributed by atoms with van der Waals surface area (Å²) in [5, 5.41) is 0. The SMILES string of the molecule is CC(=O)N1CCCN(C(=O)c2ccc3c(c2)OCCO3)CC1. The van der Waals surface area contributed by atoms with Crippen LogP contribution in [0.15, 0.2) is 18.2 Å². The molecule has 6 nitrogen and oxygen atoms in total. The van der Waals surface area contributed by atoms with Gasteiger partial charge in [-0.25, -0.2) is 0 Å². The number of ether oxygens (including phenoxy) is 2. The van der Waals surface area contributed by atoms with E-state index in [1.54, 1.807) is 34.9 Å². The van der Waals surface area contributed by atoms with E-state index in [1.165, 1.54) is 0 Å². The van der Waals surface area contributed by atoms with Gasteiger partial charge in [0.15, 0.2) is 11.5 Å². The number of amides is 2. The summed E-state index contributed by atoms with van der Waals surface area (Å²) in [6.45, 7) is 5.13. The van der Waals surface area contributed by atoms with E-state index in [2.05, 4.69) is 0 Å². The molecule has 118 valence electrons. The van der Waals surface area contributed by atoms with E-state index in [9.17, 15) is 9.59 Å². The quantitative estimate of drug-likeness (QED) is 0.781. The molecule has 1 aromatic carbocycles. The molecule has 3 rings (SSSR count). The number of rotatable bonds is 1. The lowest BCUT2D eigenvalue weighted by molar-refractivity contribution is -0.128. The maximum absolute atomic E-state index is 12.6. The highest BCUT2D eigenvalue weighted by Gasteiger charge is 2.23. The van der Waals surface area contributed by atoms with Crippen LogP contribution in [-0.2, 0) is 4.79 Å². The molecular formula is C16H20N2O4. The number of benzene rings is 1. The molecular weight excluding hydrogens is 284 g/mol. The summed E-state index contributed by atoms with van der Waals surface area (Å²) in [6.07, 6.45) is 0.801. The van der Waals surface area contributed by atoms with Crippen molar-refractivity contribution in [2.24, 2.45) is 0 Å². The Balaban J connectivity index is 1.72. The van der Waals surface area contributed by atoms with Gasteiger partial charge in [0.2, 0.25) is 5.91 Å². The highest BCUT2D eigenvalue weighted by molar-refractivity contribution is 5.95. The van der Waals surface area contributed by atoms with E-state index in [1.807, 2.05) is 0 Å². The van der Waals surface area contributed by atoms with E-state index in [-0.39, 0.29) is 11.8 Å². The monoisotopic (exact) mass is 304 g/mol. The van der Waals surface area contributed by atoms with Gasteiger partial charge in [0, 0.05) is 38.7 Å². The molecule has 22 heavy (non-hydrogen) atoms. The fourth-order valence-corrected chi connectivity index (χ4v) is 2.79. The summed E-state index contributed by atoms with van der Waals surface area (Å²) in [6, 6.07) is 5.29. The minimum atomic E-state index is -0.0256. The minimum Gasteiger partial charge on any atom is -0.486 e.